The molecule has 1 heterocycles. The van der Waals surface area contributed by atoms with E-state index in [1.165, 1.54) is 5.56 Å². The average Bonchev–Trinajstić information content (AvgIpc) is 2.46. The van der Waals surface area contributed by atoms with E-state index < -0.39 is 6.10 Å². The molecule has 0 radical (unpaired) electrons. The average molecular weight is 266 g/mol. The Morgan fingerprint density at radius 3 is 2.50 bits per heavy atom. The summed E-state index contributed by atoms with van der Waals surface area (Å²) in [6.45, 7) is 4.01. The second-order valence-corrected chi connectivity index (χ2v) is 5.26. The second-order valence-electron chi connectivity index (χ2n) is 5.26. The smallest absolute Gasteiger partial charge is 0.127 e. The lowest BCUT2D eigenvalue weighted by Gasteiger charge is -2.27. The van der Waals surface area contributed by atoms with Crippen molar-refractivity contribution in [2.45, 2.75) is 26.1 Å². The SMILES string of the molecule is Cc1ccc(C(O)C2=Cc3ccccc3OC2C)cc1. The molecule has 2 aromatic carbocycles. The van der Waals surface area contributed by atoms with Gasteiger partial charge in [-0.3, -0.25) is 0 Å². The molecule has 2 heteroatoms. The van der Waals surface area contributed by atoms with Crippen LogP contribution in [-0.4, -0.2) is 11.2 Å². The van der Waals surface area contributed by atoms with Gasteiger partial charge in [0.25, 0.3) is 0 Å². The molecule has 1 N–H and O–H groups in total. The van der Waals surface area contributed by atoms with Gasteiger partial charge in [-0.15, -0.1) is 0 Å². The van der Waals surface area contributed by atoms with E-state index in [1.807, 2.05) is 68.5 Å². The summed E-state index contributed by atoms with van der Waals surface area (Å²) in [5, 5.41) is 10.6. The zero-order valence-electron chi connectivity index (χ0n) is 11.7. The van der Waals surface area contributed by atoms with Gasteiger partial charge in [0.05, 0.1) is 0 Å². The summed E-state index contributed by atoms with van der Waals surface area (Å²) in [5.74, 6) is 0.875. The number of hydrogen-bond donors (Lipinski definition) is 1. The fourth-order valence-corrected chi connectivity index (χ4v) is 2.50. The van der Waals surface area contributed by atoms with E-state index >= 15 is 0 Å². The molecule has 1 aliphatic rings. The van der Waals surface area contributed by atoms with Gasteiger partial charge in [-0.1, -0.05) is 48.0 Å². The number of benzene rings is 2. The van der Waals surface area contributed by atoms with E-state index in [1.54, 1.807) is 0 Å². The summed E-state index contributed by atoms with van der Waals surface area (Å²) in [4.78, 5) is 0. The topological polar surface area (TPSA) is 29.5 Å². The highest BCUT2D eigenvalue weighted by Gasteiger charge is 2.24. The van der Waals surface area contributed by atoms with Gasteiger partial charge in [-0.05, 0) is 31.6 Å². The largest absolute Gasteiger partial charge is 0.486 e. The van der Waals surface area contributed by atoms with E-state index in [0.29, 0.717) is 0 Å². The minimum absolute atomic E-state index is 0.124. The van der Waals surface area contributed by atoms with Crippen LogP contribution in [0.4, 0.5) is 0 Å². The fourth-order valence-electron chi connectivity index (χ4n) is 2.50. The van der Waals surface area contributed by atoms with Crippen LogP contribution in [0.5, 0.6) is 5.75 Å². The lowest BCUT2D eigenvalue weighted by Crippen LogP contribution is -2.23. The number of para-hydroxylation sites is 1. The predicted molar refractivity (Wildman–Crippen MR) is 80.6 cm³/mol. The van der Waals surface area contributed by atoms with Gasteiger partial charge in [-0.2, -0.15) is 0 Å². The number of aliphatic hydroxyl groups excluding tert-OH is 1. The quantitative estimate of drug-likeness (QED) is 0.893. The molecule has 0 bridgehead atoms. The molecule has 0 spiro atoms. The highest BCUT2D eigenvalue weighted by molar-refractivity contribution is 5.64. The summed E-state index contributed by atoms with van der Waals surface area (Å²) in [6, 6.07) is 15.9. The Labute approximate surface area is 119 Å². The van der Waals surface area contributed by atoms with Gasteiger partial charge in [-0.25, -0.2) is 0 Å². The van der Waals surface area contributed by atoms with Crippen molar-refractivity contribution in [1.82, 2.24) is 0 Å². The lowest BCUT2D eigenvalue weighted by molar-refractivity contribution is 0.164. The van der Waals surface area contributed by atoms with E-state index in [2.05, 4.69) is 0 Å². The molecule has 0 aliphatic carbocycles. The Balaban J connectivity index is 1.97. The first-order valence-electron chi connectivity index (χ1n) is 6.87. The monoisotopic (exact) mass is 266 g/mol. The normalized spacial score (nSPS) is 18.8. The molecular formula is C18H18O2. The Kier molecular flexibility index (Phi) is 3.33. The highest BCUT2D eigenvalue weighted by atomic mass is 16.5. The van der Waals surface area contributed by atoms with Crippen molar-refractivity contribution < 1.29 is 9.84 Å². The Hall–Kier alpha value is -2.06. The summed E-state index contributed by atoms with van der Waals surface area (Å²) in [5.41, 5.74) is 4.00. The molecule has 2 nitrogen and oxygen atoms in total. The third kappa shape index (κ3) is 2.35. The van der Waals surface area contributed by atoms with Crippen molar-refractivity contribution >= 4 is 6.08 Å². The minimum atomic E-state index is -0.626. The molecule has 0 saturated heterocycles. The lowest BCUT2D eigenvalue weighted by atomic mass is 9.93. The number of rotatable bonds is 2. The number of fused-ring (bicyclic) bond motifs is 1. The van der Waals surface area contributed by atoms with E-state index in [0.717, 1.165) is 22.4 Å². The van der Waals surface area contributed by atoms with Crippen LogP contribution in [0.25, 0.3) is 6.08 Å². The maximum atomic E-state index is 10.6. The molecule has 0 fully saturated rings. The van der Waals surface area contributed by atoms with Crippen LogP contribution in [0.3, 0.4) is 0 Å². The van der Waals surface area contributed by atoms with Crippen LogP contribution >= 0.6 is 0 Å². The third-order valence-electron chi connectivity index (χ3n) is 3.72. The molecule has 3 rings (SSSR count). The Bertz CT molecular complexity index is 641. The van der Waals surface area contributed by atoms with Crippen molar-refractivity contribution in [2.75, 3.05) is 0 Å². The van der Waals surface area contributed by atoms with Gasteiger partial charge in [0.15, 0.2) is 0 Å². The maximum absolute atomic E-state index is 10.6. The van der Waals surface area contributed by atoms with Gasteiger partial charge in [0.1, 0.15) is 18.0 Å². The summed E-state index contributed by atoms with van der Waals surface area (Å²) in [7, 11) is 0. The number of aliphatic hydroxyl groups is 1. The van der Waals surface area contributed by atoms with Gasteiger partial charge in [0.2, 0.25) is 0 Å². The Morgan fingerprint density at radius 1 is 1.05 bits per heavy atom. The second kappa shape index (κ2) is 5.14. The van der Waals surface area contributed by atoms with E-state index in [4.69, 9.17) is 4.74 Å². The van der Waals surface area contributed by atoms with Gasteiger partial charge >= 0.3 is 0 Å². The summed E-state index contributed by atoms with van der Waals surface area (Å²) >= 11 is 0. The first-order valence-corrected chi connectivity index (χ1v) is 6.87. The molecule has 0 saturated carbocycles. The van der Waals surface area contributed by atoms with E-state index in [9.17, 15) is 5.11 Å². The van der Waals surface area contributed by atoms with Crippen LogP contribution < -0.4 is 4.74 Å². The molecule has 2 aromatic rings. The zero-order chi connectivity index (χ0) is 14.1. The zero-order valence-corrected chi connectivity index (χ0v) is 11.7. The van der Waals surface area contributed by atoms with E-state index in [-0.39, 0.29) is 6.10 Å². The van der Waals surface area contributed by atoms with Crippen LogP contribution in [0, 0.1) is 6.92 Å². The van der Waals surface area contributed by atoms with Gasteiger partial charge < -0.3 is 9.84 Å². The van der Waals surface area contributed by atoms with Crippen LogP contribution in [0.2, 0.25) is 0 Å². The number of aryl methyl sites for hydroxylation is 1. The van der Waals surface area contributed by atoms with Crippen molar-refractivity contribution in [1.29, 1.82) is 0 Å². The molecule has 102 valence electrons. The van der Waals surface area contributed by atoms with Crippen molar-refractivity contribution in [2.24, 2.45) is 0 Å². The molecule has 2 atom stereocenters. The summed E-state index contributed by atoms with van der Waals surface area (Å²) < 4.78 is 5.88. The van der Waals surface area contributed by atoms with Crippen LogP contribution in [0.1, 0.15) is 29.7 Å². The number of hydrogen-bond acceptors (Lipinski definition) is 2. The molecule has 2 unspecified atom stereocenters. The predicted octanol–water partition coefficient (Wildman–Crippen LogP) is 3.89. The van der Waals surface area contributed by atoms with Crippen molar-refractivity contribution in [3.05, 3.63) is 70.8 Å². The third-order valence-corrected chi connectivity index (χ3v) is 3.72. The minimum Gasteiger partial charge on any atom is -0.486 e. The fraction of sp³-hybridized carbons (Fsp3) is 0.222. The first kappa shape index (κ1) is 12.9. The van der Waals surface area contributed by atoms with Crippen LogP contribution in [-0.2, 0) is 0 Å². The van der Waals surface area contributed by atoms with Crippen molar-refractivity contribution in [3.8, 4) is 5.75 Å². The Morgan fingerprint density at radius 2 is 1.75 bits per heavy atom. The summed E-state index contributed by atoms with van der Waals surface area (Å²) in [6.07, 6.45) is 1.29. The first-order chi connectivity index (χ1) is 9.65. The van der Waals surface area contributed by atoms with Gasteiger partial charge in [0, 0.05) is 11.1 Å². The molecular weight excluding hydrogens is 248 g/mol. The molecule has 0 amide bonds. The molecule has 1 aliphatic heterocycles. The molecule has 20 heavy (non-hydrogen) atoms. The highest BCUT2D eigenvalue weighted by Crippen LogP contribution is 2.35. The van der Waals surface area contributed by atoms with Crippen LogP contribution in [0.15, 0.2) is 54.1 Å². The standard InChI is InChI=1S/C18H18O2/c1-12-7-9-14(10-8-12)18(19)16-11-15-5-3-4-6-17(15)20-13(16)2/h3-11,13,18-19H,1-2H3. The van der Waals surface area contributed by atoms with Crippen molar-refractivity contribution in [3.63, 3.8) is 0 Å². The number of ether oxygens (including phenoxy) is 1. The molecule has 0 aromatic heterocycles. The maximum Gasteiger partial charge on any atom is 0.127 e.